The average molecular weight is 312 g/mol. The first-order valence-electron chi connectivity index (χ1n) is 6.30. The van der Waals surface area contributed by atoms with Gasteiger partial charge in [0, 0.05) is 42.8 Å². The van der Waals surface area contributed by atoms with E-state index in [0.29, 0.717) is 10.6 Å². The lowest BCUT2D eigenvalue weighted by atomic mass is 10.1. The highest BCUT2D eigenvalue weighted by Crippen LogP contribution is 2.23. The number of rotatable bonds is 1. The number of amides is 1. The van der Waals surface area contributed by atoms with Crippen LogP contribution in [0.5, 0.6) is 0 Å². The number of halogens is 2. The van der Waals surface area contributed by atoms with E-state index in [-0.39, 0.29) is 18.3 Å². The van der Waals surface area contributed by atoms with Crippen LogP contribution in [0.4, 0.5) is 0 Å². The average Bonchev–Trinajstić information content (AvgIpc) is 2.46. The molecule has 1 aromatic heterocycles. The summed E-state index contributed by atoms with van der Waals surface area (Å²) in [4.78, 5) is 18.7. The van der Waals surface area contributed by atoms with Gasteiger partial charge >= 0.3 is 0 Å². The lowest BCUT2D eigenvalue weighted by molar-refractivity contribution is 0.0737. The molecule has 0 aliphatic carbocycles. The molecule has 2 heterocycles. The minimum absolute atomic E-state index is 0. The van der Waals surface area contributed by atoms with Gasteiger partial charge in [0.15, 0.2) is 0 Å². The van der Waals surface area contributed by atoms with Gasteiger partial charge in [-0.05, 0) is 18.2 Å². The molecule has 0 spiro atoms. The minimum atomic E-state index is 0. The van der Waals surface area contributed by atoms with Crippen LogP contribution in [0.15, 0.2) is 30.5 Å². The van der Waals surface area contributed by atoms with Gasteiger partial charge in [-0.15, -0.1) is 12.4 Å². The normalized spacial score (nSPS) is 14.9. The molecule has 0 bridgehead atoms. The van der Waals surface area contributed by atoms with Crippen LogP contribution in [0.1, 0.15) is 10.4 Å². The summed E-state index contributed by atoms with van der Waals surface area (Å²) in [5.41, 5.74) is 1.31. The molecule has 1 aliphatic rings. The van der Waals surface area contributed by atoms with Crippen molar-refractivity contribution >= 4 is 40.8 Å². The Kier molecular flexibility index (Phi) is 4.81. The molecule has 2 aromatic rings. The summed E-state index contributed by atoms with van der Waals surface area (Å²) in [7, 11) is 0. The van der Waals surface area contributed by atoms with Crippen molar-refractivity contribution in [3.05, 3.63) is 41.0 Å². The topological polar surface area (TPSA) is 45.2 Å². The third-order valence-corrected chi connectivity index (χ3v) is 3.52. The van der Waals surface area contributed by atoms with Crippen LogP contribution in [0.3, 0.4) is 0 Å². The summed E-state index contributed by atoms with van der Waals surface area (Å²) in [5.74, 6) is 0.00713. The second kappa shape index (κ2) is 6.39. The number of carbonyl (C=O) groups excluding carboxylic acids is 1. The highest BCUT2D eigenvalue weighted by atomic mass is 35.5. The molecule has 1 amide bonds. The summed E-state index contributed by atoms with van der Waals surface area (Å²) >= 11 is 6.10. The van der Waals surface area contributed by atoms with Gasteiger partial charge in [0.1, 0.15) is 0 Å². The first-order valence-corrected chi connectivity index (χ1v) is 6.68. The van der Waals surface area contributed by atoms with Crippen molar-refractivity contribution in [3.63, 3.8) is 0 Å². The molecule has 1 aliphatic heterocycles. The maximum atomic E-state index is 12.6. The summed E-state index contributed by atoms with van der Waals surface area (Å²) in [6, 6.07) is 7.31. The fourth-order valence-corrected chi connectivity index (χ4v) is 2.58. The number of hydrogen-bond donors (Lipinski definition) is 1. The SMILES string of the molecule is Cl.O=C(c1cc(Cl)cc2cccnc12)N1CCNCC1. The van der Waals surface area contributed by atoms with Gasteiger partial charge in [-0.2, -0.15) is 0 Å². The molecule has 0 radical (unpaired) electrons. The van der Waals surface area contributed by atoms with Gasteiger partial charge < -0.3 is 10.2 Å². The third-order valence-electron chi connectivity index (χ3n) is 3.30. The Balaban J connectivity index is 0.00000147. The molecule has 6 heteroatoms. The summed E-state index contributed by atoms with van der Waals surface area (Å²) in [6.45, 7) is 3.11. The van der Waals surface area contributed by atoms with Crippen LogP contribution in [0.25, 0.3) is 10.9 Å². The first kappa shape index (κ1) is 15.0. The highest BCUT2D eigenvalue weighted by molar-refractivity contribution is 6.32. The van der Waals surface area contributed by atoms with Crippen molar-refractivity contribution in [2.75, 3.05) is 26.2 Å². The van der Waals surface area contributed by atoms with Crippen molar-refractivity contribution < 1.29 is 4.79 Å². The van der Waals surface area contributed by atoms with Crippen molar-refractivity contribution in [3.8, 4) is 0 Å². The van der Waals surface area contributed by atoms with Crippen LogP contribution >= 0.6 is 24.0 Å². The zero-order chi connectivity index (χ0) is 13.2. The number of pyridine rings is 1. The fraction of sp³-hybridized carbons (Fsp3) is 0.286. The Labute approximate surface area is 128 Å². The standard InChI is InChI=1S/C14H14ClN3O.ClH/c15-11-8-10-2-1-3-17-13(10)12(9-11)14(19)18-6-4-16-5-7-18;/h1-3,8-9,16H,4-7H2;1H. The molecule has 1 N–H and O–H groups in total. The van der Waals surface area contributed by atoms with Crippen molar-refractivity contribution in [1.82, 2.24) is 15.2 Å². The van der Waals surface area contributed by atoms with E-state index in [4.69, 9.17) is 11.6 Å². The molecule has 0 atom stereocenters. The molecule has 1 saturated heterocycles. The van der Waals surface area contributed by atoms with E-state index in [1.165, 1.54) is 0 Å². The second-order valence-electron chi connectivity index (χ2n) is 4.57. The summed E-state index contributed by atoms with van der Waals surface area (Å²) in [6.07, 6.45) is 1.70. The maximum absolute atomic E-state index is 12.6. The molecule has 4 nitrogen and oxygen atoms in total. The highest BCUT2D eigenvalue weighted by Gasteiger charge is 2.20. The number of benzene rings is 1. The molecule has 1 aromatic carbocycles. The second-order valence-corrected chi connectivity index (χ2v) is 5.01. The molecule has 106 valence electrons. The number of aromatic nitrogens is 1. The largest absolute Gasteiger partial charge is 0.336 e. The van der Waals surface area contributed by atoms with Gasteiger partial charge in [-0.1, -0.05) is 17.7 Å². The molecule has 0 unspecified atom stereocenters. The molecule has 0 saturated carbocycles. The minimum Gasteiger partial charge on any atom is -0.336 e. The first-order chi connectivity index (χ1) is 9.25. The number of fused-ring (bicyclic) bond motifs is 1. The number of carbonyl (C=O) groups is 1. The van der Waals surface area contributed by atoms with Crippen LogP contribution in [-0.4, -0.2) is 42.0 Å². The van der Waals surface area contributed by atoms with Crippen molar-refractivity contribution in [2.45, 2.75) is 0 Å². The summed E-state index contributed by atoms with van der Waals surface area (Å²) < 4.78 is 0. The molecular formula is C14H15Cl2N3O. The van der Waals surface area contributed by atoms with E-state index < -0.39 is 0 Å². The Hall–Kier alpha value is -1.36. The van der Waals surface area contributed by atoms with E-state index in [2.05, 4.69) is 10.3 Å². The van der Waals surface area contributed by atoms with E-state index >= 15 is 0 Å². The Morgan fingerprint density at radius 1 is 1.30 bits per heavy atom. The van der Waals surface area contributed by atoms with Gasteiger partial charge in [0.25, 0.3) is 5.91 Å². The molecule has 1 fully saturated rings. The molecule has 3 rings (SSSR count). The zero-order valence-electron chi connectivity index (χ0n) is 10.8. The summed E-state index contributed by atoms with van der Waals surface area (Å²) in [5, 5.41) is 4.70. The van der Waals surface area contributed by atoms with E-state index in [1.54, 1.807) is 12.3 Å². The Morgan fingerprint density at radius 3 is 2.80 bits per heavy atom. The van der Waals surface area contributed by atoms with E-state index in [1.807, 2.05) is 23.1 Å². The van der Waals surface area contributed by atoms with Gasteiger partial charge in [0.2, 0.25) is 0 Å². The number of piperazine rings is 1. The van der Waals surface area contributed by atoms with Crippen molar-refractivity contribution in [1.29, 1.82) is 0 Å². The smallest absolute Gasteiger partial charge is 0.256 e. The Morgan fingerprint density at radius 2 is 2.05 bits per heavy atom. The lowest BCUT2D eigenvalue weighted by Gasteiger charge is -2.27. The fourth-order valence-electron chi connectivity index (χ4n) is 2.36. The predicted octanol–water partition coefficient (Wildman–Crippen LogP) is 2.36. The predicted molar refractivity (Wildman–Crippen MR) is 82.8 cm³/mol. The van der Waals surface area contributed by atoms with Crippen LogP contribution in [-0.2, 0) is 0 Å². The Bertz CT molecular complexity index is 627. The monoisotopic (exact) mass is 311 g/mol. The van der Waals surface area contributed by atoms with E-state index in [9.17, 15) is 4.79 Å². The molecule has 20 heavy (non-hydrogen) atoms. The molecular weight excluding hydrogens is 297 g/mol. The number of nitrogens with zero attached hydrogens (tertiary/aromatic N) is 2. The van der Waals surface area contributed by atoms with E-state index in [0.717, 1.165) is 37.1 Å². The van der Waals surface area contributed by atoms with Gasteiger partial charge in [-0.25, -0.2) is 0 Å². The van der Waals surface area contributed by atoms with Gasteiger partial charge in [0.05, 0.1) is 11.1 Å². The quantitative estimate of drug-likeness (QED) is 0.879. The van der Waals surface area contributed by atoms with Crippen LogP contribution in [0.2, 0.25) is 5.02 Å². The lowest BCUT2D eigenvalue weighted by Crippen LogP contribution is -2.46. The van der Waals surface area contributed by atoms with Crippen molar-refractivity contribution in [2.24, 2.45) is 0 Å². The van der Waals surface area contributed by atoms with Gasteiger partial charge in [-0.3, -0.25) is 9.78 Å². The third kappa shape index (κ3) is 2.87. The number of hydrogen-bond acceptors (Lipinski definition) is 3. The van der Waals surface area contributed by atoms with Crippen LogP contribution in [0, 0.1) is 0 Å². The zero-order valence-corrected chi connectivity index (χ0v) is 12.4. The maximum Gasteiger partial charge on any atom is 0.256 e. The van der Waals surface area contributed by atoms with Crippen LogP contribution < -0.4 is 5.32 Å². The number of nitrogens with one attached hydrogen (secondary N) is 1.